The molecule has 2 aromatic carbocycles. The molecule has 2 aromatic heterocycles. The number of halogens is 2. The van der Waals surface area contributed by atoms with Gasteiger partial charge in [-0.15, -0.1) is 0 Å². The molecule has 0 atom stereocenters. The second-order valence-corrected chi connectivity index (χ2v) is 8.59. The van der Waals surface area contributed by atoms with Crippen LogP contribution in [0.4, 0.5) is 5.69 Å². The van der Waals surface area contributed by atoms with Gasteiger partial charge in [-0.2, -0.15) is 9.67 Å². The van der Waals surface area contributed by atoms with Crippen LogP contribution in [0.15, 0.2) is 79.1 Å². The number of hydrogen-bond acceptors (Lipinski definition) is 4. The molecule has 0 radical (unpaired) electrons. The average Bonchev–Trinajstić information content (AvgIpc) is 3.33. The van der Waals surface area contributed by atoms with Crippen molar-refractivity contribution in [3.8, 4) is 11.6 Å². The fourth-order valence-corrected chi connectivity index (χ4v) is 4.37. The van der Waals surface area contributed by atoms with E-state index in [0.717, 1.165) is 4.90 Å². The molecule has 0 aliphatic carbocycles. The number of imide groups is 1. The summed E-state index contributed by atoms with van der Waals surface area (Å²) in [4.78, 5) is 28.5. The third kappa shape index (κ3) is 3.79. The van der Waals surface area contributed by atoms with E-state index in [4.69, 9.17) is 23.2 Å². The van der Waals surface area contributed by atoms with Crippen LogP contribution in [-0.2, 0) is 16.0 Å². The molecule has 0 saturated carbocycles. The van der Waals surface area contributed by atoms with Crippen molar-refractivity contribution in [2.24, 2.45) is 0 Å². The van der Waals surface area contributed by atoms with Crippen molar-refractivity contribution in [2.45, 2.75) is 13.3 Å². The molecule has 0 fully saturated rings. The number of pyridine rings is 1. The van der Waals surface area contributed by atoms with Crippen LogP contribution in [-0.4, -0.2) is 21.6 Å². The quantitative estimate of drug-likeness (QED) is 0.303. The molecule has 7 nitrogen and oxygen atoms in total. The zero-order valence-corrected chi connectivity index (χ0v) is 20.0. The van der Waals surface area contributed by atoms with Gasteiger partial charge < -0.3 is 5.11 Å². The van der Waals surface area contributed by atoms with Crippen LogP contribution in [0.1, 0.15) is 18.2 Å². The first-order valence-corrected chi connectivity index (χ1v) is 11.6. The van der Waals surface area contributed by atoms with Crippen LogP contribution in [0.5, 0.6) is 5.88 Å². The molecule has 9 heteroatoms. The Balaban J connectivity index is 1.76. The van der Waals surface area contributed by atoms with Gasteiger partial charge in [0.25, 0.3) is 11.6 Å². The maximum Gasteiger partial charge on any atom is 0.331 e. The predicted octanol–water partition coefficient (Wildman–Crippen LogP) is 4.04. The summed E-state index contributed by atoms with van der Waals surface area (Å²) in [6, 6.07) is 18.6. The lowest BCUT2D eigenvalue weighted by Gasteiger charge is -2.15. The first-order valence-electron chi connectivity index (χ1n) is 10.8. The minimum Gasteiger partial charge on any atom is -0.858 e. The van der Waals surface area contributed by atoms with E-state index in [1.54, 1.807) is 77.6 Å². The Morgan fingerprint density at radius 1 is 0.886 bits per heavy atom. The van der Waals surface area contributed by atoms with Crippen LogP contribution < -0.4 is 14.6 Å². The predicted molar refractivity (Wildman–Crippen MR) is 131 cm³/mol. The average molecular weight is 505 g/mol. The van der Waals surface area contributed by atoms with Crippen molar-refractivity contribution in [3.05, 3.63) is 100 Å². The Kier molecular flexibility index (Phi) is 5.88. The minimum atomic E-state index is -0.590. The number of nitrogens with zero attached hydrogens (tertiary/aromatic N) is 4. The van der Waals surface area contributed by atoms with Gasteiger partial charge in [0.1, 0.15) is 5.57 Å². The SMILES string of the molecule is CCc1nn(-c2ccc(Cl)c(Cl)c2)c([O-])c1C1=C([n+]2ccccc2)C(=O)N(c2ccccc2)C1=O. The molecule has 0 saturated heterocycles. The van der Waals surface area contributed by atoms with E-state index < -0.39 is 17.7 Å². The summed E-state index contributed by atoms with van der Waals surface area (Å²) in [5.41, 5.74) is 1.37. The third-order valence-electron chi connectivity index (χ3n) is 5.70. The van der Waals surface area contributed by atoms with Crippen LogP contribution in [0, 0.1) is 0 Å². The molecule has 4 aromatic rings. The van der Waals surface area contributed by atoms with E-state index in [2.05, 4.69) is 5.10 Å². The zero-order valence-electron chi connectivity index (χ0n) is 18.5. The summed E-state index contributed by atoms with van der Waals surface area (Å²) < 4.78 is 2.73. The molecule has 5 rings (SSSR count). The van der Waals surface area contributed by atoms with Crippen molar-refractivity contribution in [3.63, 3.8) is 0 Å². The van der Waals surface area contributed by atoms with Gasteiger partial charge in [0.15, 0.2) is 12.4 Å². The highest BCUT2D eigenvalue weighted by atomic mass is 35.5. The van der Waals surface area contributed by atoms with Gasteiger partial charge in [-0.3, -0.25) is 9.59 Å². The maximum atomic E-state index is 13.8. The van der Waals surface area contributed by atoms with Crippen LogP contribution in [0.3, 0.4) is 0 Å². The highest BCUT2D eigenvalue weighted by molar-refractivity contribution is 6.53. The first-order chi connectivity index (χ1) is 16.9. The standard InChI is InChI=1S/C26H18Cl2N4O3/c1-2-20-21(25(34)32(29-20)17-11-12-18(27)19(28)15-17)22-23(30-13-7-4-8-14-30)26(35)31(24(22)33)16-9-5-3-6-10-16/h3-15H,2H2,1H3. The van der Waals surface area contributed by atoms with Crippen molar-refractivity contribution < 1.29 is 19.3 Å². The lowest BCUT2D eigenvalue weighted by molar-refractivity contribution is -0.576. The molecule has 0 N–H and O–H groups in total. The normalized spacial score (nSPS) is 13.7. The topological polar surface area (TPSA) is 82.1 Å². The molecule has 1 aliphatic rings. The second-order valence-electron chi connectivity index (χ2n) is 7.78. The molecule has 174 valence electrons. The highest BCUT2D eigenvalue weighted by Gasteiger charge is 2.47. The van der Waals surface area contributed by atoms with Crippen molar-refractivity contribution in [2.75, 3.05) is 4.90 Å². The van der Waals surface area contributed by atoms with Crippen molar-refractivity contribution in [1.29, 1.82) is 0 Å². The molecule has 0 bridgehead atoms. The fourth-order valence-electron chi connectivity index (χ4n) is 4.08. The summed E-state index contributed by atoms with van der Waals surface area (Å²) in [5, 5.41) is 18.8. The number of amides is 2. The maximum absolute atomic E-state index is 13.8. The van der Waals surface area contributed by atoms with Crippen LogP contribution in [0.25, 0.3) is 17.0 Å². The number of carbonyl (C=O) groups excluding carboxylic acids is 2. The summed E-state index contributed by atoms with van der Waals surface area (Å²) in [6.45, 7) is 1.83. The number of aromatic nitrogens is 3. The molecule has 1 aliphatic heterocycles. The van der Waals surface area contributed by atoms with E-state index >= 15 is 0 Å². The number of para-hydroxylation sites is 1. The van der Waals surface area contributed by atoms with E-state index in [9.17, 15) is 14.7 Å². The number of aryl methyl sites for hydroxylation is 1. The Labute approximate surface area is 211 Å². The van der Waals surface area contributed by atoms with Gasteiger partial charge in [-0.25, -0.2) is 9.58 Å². The van der Waals surface area contributed by atoms with Gasteiger partial charge in [0.05, 0.1) is 27.1 Å². The number of hydrogen-bond donors (Lipinski definition) is 0. The highest BCUT2D eigenvalue weighted by Crippen LogP contribution is 2.39. The summed E-state index contributed by atoms with van der Waals surface area (Å²) in [6.07, 6.45) is 3.69. The number of carbonyl (C=O) groups is 2. The van der Waals surface area contributed by atoms with E-state index in [1.807, 2.05) is 6.92 Å². The molecular weight excluding hydrogens is 487 g/mol. The molecule has 3 heterocycles. The lowest BCUT2D eigenvalue weighted by atomic mass is 10.0. The number of rotatable bonds is 5. The first kappa shape index (κ1) is 22.8. The van der Waals surface area contributed by atoms with Gasteiger partial charge in [-0.1, -0.05) is 54.4 Å². The summed E-state index contributed by atoms with van der Waals surface area (Å²) in [5.74, 6) is -1.65. The molecule has 35 heavy (non-hydrogen) atoms. The van der Waals surface area contributed by atoms with Gasteiger partial charge in [-0.05, 0) is 42.6 Å². The summed E-state index contributed by atoms with van der Waals surface area (Å²) >= 11 is 12.2. The van der Waals surface area contributed by atoms with Crippen LogP contribution >= 0.6 is 23.2 Å². The number of benzene rings is 2. The Hall–Kier alpha value is -3.94. The lowest BCUT2D eigenvalue weighted by Crippen LogP contribution is -2.39. The van der Waals surface area contributed by atoms with Crippen molar-refractivity contribution >= 4 is 52.0 Å². The molecular formula is C26H18Cl2N4O3. The molecule has 2 amide bonds. The fraction of sp³-hybridized carbons (Fsp3) is 0.0769. The molecule has 0 unspecified atom stereocenters. The van der Waals surface area contributed by atoms with E-state index in [-0.39, 0.29) is 21.9 Å². The Bertz CT molecular complexity index is 1500. The summed E-state index contributed by atoms with van der Waals surface area (Å²) in [7, 11) is 0. The largest absolute Gasteiger partial charge is 0.858 e. The molecule has 0 spiro atoms. The third-order valence-corrected chi connectivity index (χ3v) is 6.43. The Morgan fingerprint density at radius 3 is 2.23 bits per heavy atom. The van der Waals surface area contributed by atoms with E-state index in [0.29, 0.717) is 28.5 Å². The number of anilines is 1. The van der Waals surface area contributed by atoms with Crippen molar-refractivity contribution in [1.82, 2.24) is 9.78 Å². The van der Waals surface area contributed by atoms with Gasteiger partial charge >= 0.3 is 5.91 Å². The second kappa shape index (κ2) is 9.02. The smallest absolute Gasteiger partial charge is 0.331 e. The zero-order chi connectivity index (χ0) is 24.7. The monoisotopic (exact) mass is 504 g/mol. The van der Waals surface area contributed by atoms with Gasteiger partial charge in [0, 0.05) is 17.7 Å². The van der Waals surface area contributed by atoms with E-state index in [1.165, 1.54) is 10.7 Å². The van der Waals surface area contributed by atoms with Gasteiger partial charge in [0.2, 0.25) is 0 Å². The van der Waals surface area contributed by atoms with Crippen LogP contribution in [0.2, 0.25) is 10.0 Å². The Morgan fingerprint density at radius 2 is 1.57 bits per heavy atom. The minimum absolute atomic E-state index is 0.00298.